The molecule has 5 nitrogen and oxygen atoms in total. The van der Waals surface area contributed by atoms with Crippen molar-refractivity contribution in [1.82, 2.24) is 25.1 Å². The molecule has 1 aliphatic heterocycles. The number of hydrogen-bond donors (Lipinski definition) is 1. The molecule has 1 unspecified atom stereocenters. The van der Waals surface area contributed by atoms with E-state index in [-0.39, 0.29) is 30.9 Å². The topological polar surface area (TPSA) is 55.6 Å². The van der Waals surface area contributed by atoms with Crippen LogP contribution in [-0.2, 0) is 6.54 Å². The summed E-state index contributed by atoms with van der Waals surface area (Å²) in [5, 5.41) is 11.9. The van der Waals surface area contributed by atoms with Crippen LogP contribution in [0.4, 0.5) is 0 Å². The minimum Gasteiger partial charge on any atom is -0.307 e. The Bertz CT molecular complexity index is 555. The number of nitrogens with zero attached hydrogens (tertiary/aromatic N) is 4. The van der Waals surface area contributed by atoms with Gasteiger partial charge in [-0.1, -0.05) is 6.07 Å². The second kappa shape index (κ2) is 6.32. The second-order valence-electron chi connectivity index (χ2n) is 4.37. The summed E-state index contributed by atoms with van der Waals surface area (Å²) < 4.78 is 2.16. The third-order valence-electron chi connectivity index (χ3n) is 3.07. The number of aromatic nitrogens is 4. The SMILES string of the molecule is Cc1cccc(-c2nnc3n2CCNC3C)n1.Cl.Cl. The summed E-state index contributed by atoms with van der Waals surface area (Å²) in [4.78, 5) is 4.51. The highest BCUT2D eigenvalue weighted by Gasteiger charge is 2.22. The lowest BCUT2D eigenvalue weighted by Crippen LogP contribution is -2.32. The summed E-state index contributed by atoms with van der Waals surface area (Å²) >= 11 is 0. The molecule has 0 amide bonds. The molecule has 0 saturated heterocycles. The van der Waals surface area contributed by atoms with Crippen LogP contribution in [0.15, 0.2) is 18.2 Å². The Hall–Kier alpha value is -1.17. The Balaban J connectivity index is 0.000000902. The maximum atomic E-state index is 4.51. The van der Waals surface area contributed by atoms with Crippen LogP contribution in [0.2, 0.25) is 0 Å². The average molecular weight is 302 g/mol. The van der Waals surface area contributed by atoms with Crippen molar-refractivity contribution < 1.29 is 0 Å². The van der Waals surface area contributed by atoms with E-state index in [0.717, 1.165) is 36.1 Å². The molecule has 0 fully saturated rings. The molecule has 0 aromatic carbocycles. The van der Waals surface area contributed by atoms with Gasteiger partial charge in [0.15, 0.2) is 5.82 Å². The molecule has 2 aromatic rings. The predicted molar refractivity (Wildman–Crippen MR) is 78.9 cm³/mol. The largest absolute Gasteiger partial charge is 0.307 e. The molecule has 0 spiro atoms. The fraction of sp³-hybridized carbons (Fsp3) is 0.417. The van der Waals surface area contributed by atoms with E-state index in [0.29, 0.717) is 0 Å². The Morgan fingerprint density at radius 3 is 2.79 bits per heavy atom. The third kappa shape index (κ3) is 2.88. The van der Waals surface area contributed by atoms with Gasteiger partial charge in [-0.3, -0.25) is 0 Å². The van der Waals surface area contributed by atoms with E-state index < -0.39 is 0 Å². The van der Waals surface area contributed by atoms with Crippen molar-refractivity contribution in [2.45, 2.75) is 26.4 Å². The number of rotatable bonds is 1. The van der Waals surface area contributed by atoms with Gasteiger partial charge in [0, 0.05) is 18.8 Å². The summed E-state index contributed by atoms with van der Waals surface area (Å²) in [6.07, 6.45) is 0. The Morgan fingerprint density at radius 2 is 2.05 bits per heavy atom. The van der Waals surface area contributed by atoms with Crippen LogP contribution < -0.4 is 5.32 Å². The molecule has 1 atom stereocenters. The third-order valence-corrected chi connectivity index (χ3v) is 3.07. The molecule has 1 aliphatic rings. The molecule has 104 valence electrons. The maximum absolute atomic E-state index is 4.51. The van der Waals surface area contributed by atoms with Gasteiger partial charge in [-0.05, 0) is 26.0 Å². The van der Waals surface area contributed by atoms with E-state index in [1.165, 1.54) is 0 Å². The van der Waals surface area contributed by atoms with E-state index >= 15 is 0 Å². The zero-order valence-electron chi connectivity index (χ0n) is 10.8. The van der Waals surface area contributed by atoms with Crippen molar-refractivity contribution in [3.8, 4) is 11.5 Å². The lowest BCUT2D eigenvalue weighted by molar-refractivity contribution is 0.438. The first kappa shape index (κ1) is 15.9. The zero-order chi connectivity index (χ0) is 11.8. The molecule has 0 radical (unpaired) electrons. The fourth-order valence-electron chi connectivity index (χ4n) is 2.20. The zero-order valence-corrected chi connectivity index (χ0v) is 12.5. The van der Waals surface area contributed by atoms with Gasteiger partial charge in [0.1, 0.15) is 11.5 Å². The highest BCUT2D eigenvalue weighted by Crippen LogP contribution is 2.21. The lowest BCUT2D eigenvalue weighted by atomic mass is 10.2. The number of fused-ring (bicyclic) bond motifs is 1. The quantitative estimate of drug-likeness (QED) is 0.877. The summed E-state index contributed by atoms with van der Waals surface area (Å²) in [5.41, 5.74) is 1.90. The molecule has 3 heterocycles. The standard InChI is InChI=1S/C12H15N5.2ClH/c1-8-4-3-5-10(14-8)12-16-15-11-9(2)13-6-7-17(11)12;;/h3-5,9,13H,6-7H2,1-2H3;2*1H. The minimum atomic E-state index is 0. The summed E-state index contributed by atoms with van der Waals surface area (Å²) in [6.45, 7) is 5.94. The maximum Gasteiger partial charge on any atom is 0.182 e. The highest BCUT2D eigenvalue weighted by atomic mass is 35.5. The van der Waals surface area contributed by atoms with Crippen LogP contribution in [0.5, 0.6) is 0 Å². The second-order valence-corrected chi connectivity index (χ2v) is 4.37. The summed E-state index contributed by atoms with van der Waals surface area (Å²) in [7, 11) is 0. The van der Waals surface area contributed by atoms with Crippen LogP contribution in [0.1, 0.15) is 24.5 Å². The average Bonchev–Trinajstić information content (AvgIpc) is 2.74. The van der Waals surface area contributed by atoms with E-state index in [4.69, 9.17) is 0 Å². The summed E-state index contributed by atoms with van der Waals surface area (Å²) in [5.74, 6) is 1.87. The lowest BCUT2D eigenvalue weighted by Gasteiger charge is -2.21. The molecule has 1 N–H and O–H groups in total. The molecule has 3 rings (SSSR count). The first-order valence-electron chi connectivity index (χ1n) is 5.86. The van der Waals surface area contributed by atoms with Gasteiger partial charge in [0.05, 0.1) is 6.04 Å². The van der Waals surface area contributed by atoms with Crippen LogP contribution in [-0.4, -0.2) is 26.3 Å². The van der Waals surface area contributed by atoms with Crippen LogP contribution in [0.3, 0.4) is 0 Å². The van der Waals surface area contributed by atoms with Crippen molar-refractivity contribution >= 4 is 24.8 Å². The molecular formula is C12H17Cl2N5. The van der Waals surface area contributed by atoms with Gasteiger partial charge in [0.25, 0.3) is 0 Å². The summed E-state index contributed by atoms with van der Waals surface area (Å²) in [6, 6.07) is 6.23. The van der Waals surface area contributed by atoms with Crippen LogP contribution >= 0.6 is 24.8 Å². The van der Waals surface area contributed by atoms with Gasteiger partial charge in [-0.25, -0.2) is 4.98 Å². The fourth-order valence-corrected chi connectivity index (χ4v) is 2.20. The Labute approximate surface area is 124 Å². The van der Waals surface area contributed by atoms with Gasteiger partial charge >= 0.3 is 0 Å². The molecule has 0 saturated carbocycles. The van der Waals surface area contributed by atoms with Crippen molar-refractivity contribution in [1.29, 1.82) is 0 Å². The Morgan fingerprint density at radius 1 is 1.26 bits per heavy atom. The first-order chi connectivity index (χ1) is 8.25. The number of hydrogen-bond acceptors (Lipinski definition) is 4. The molecular weight excluding hydrogens is 285 g/mol. The van der Waals surface area contributed by atoms with Crippen molar-refractivity contribution in [3.05, 3.63) is 29.7 Å². The first-order valence-corrected chi connectivity index (χ1v) is 5.86. The van der Waals surface area contributed by atoms with E-state index in [2.05, 4.69) is 32.0 Å². The van der Waals surface area contributed by atoms with E-state index in [9.17, 15) is 0 Å². The highest BCUT2D eigenvalue weighted by molar-refractivity contribution is 5.85. The minimum absolute atomic E-state index is 0. The molecule has 2 aromatic heterocycles. The number of nitrogens with one attached hydrogen (secondary N) is 1. The normalized spacial score (nSPS) is 17.1. The number of pyridine rings is 1. The van der Waals surface area contributed by atoms with Crippen molar-refractivity contribution in [3.63, 3.8) is 0 Å². The predicted octanol–water partition coefficient (Wildman–Crippen LogP) is 2.16. The van der Waals surface area contributed by atoms with Crippen LogP contribution in [0.25, 0.3) is 11.5 Å². The smallest absolute Gasteiger partial charge is 0.182 e. The molecule has 0 bridgehead atoms. The van der Waals surface area contributed by atoms with Crippen LogP contribution in [0, 0.1) is 6.92 Å². The molecule has 7 heteroatoms. The number of aryl methyl sites for hydroxylation is 1. The van der Waals surface area contributed by atoms with Gasteiger partial charge < -0.3 is 9.88 Å². The molecule has 19 heavy (non-hydrogen) atoms. The van der Waals surface area contributed by atoms with Crippen molar-refractivity contribution in [2.75, 3.05) is 6.54 Å². The van der Waals surface area contributed by atoms with Gasteiger partial charge in [-0.15, -0.1) is 35.0 Å². The van der Waals surface area contributed by atoms with E-state index in [1.54, 1.807) is 0 Å². The number of halogens is 2. The monoisotopic (exact) mass is 301 g/mol. The van der Waals surface area contributed by atoms with E-state index in [1.807, 2.05) is 25.1 Å². The Kier molecular flexibility index (Phi) is 5.29. The van der Waals surface area contributed by atoms with Gasteiger partial charge in [-0.2, -0.15) is 0 Å². The van der Waals surface area contributed by atoms with Gasteiger partial charge in [0.2, 0.25) is 0 Å². The molecule has 0 aliphatic carbocycles. The van der Waals surface area contributed by atoms with Crippen molar-refractivity contribution in [2.24, 2.45) is 0 Å².